The third-order valence-corrected chi connectivity index (χ3v) is 7.60. The first-order chi connectivity index (χ1) is 18.0. The Labute approximate surface area is 233 Å². The van der Waals surface area contributed by atoms with E-state index in [4.69, 9.17) is 33.2 Å². The molecule has 0 aliphatic rings. The van der Waals surface area contributed by atoms with Gasteiger partial charge in [-0.2, -0.15) is 110 Å². The molecule has 0 atom stereocenters. The second-order valence-corrected chi connectivity index (χ2v) is 17.3. The lowest BCUT2D eigenvalue weighted by Crippen LogP contribution is -2.78. The van der Waals surface area contributed by atoms with Crippen LogP contribution in [0.15, 0.2) is 0 Å². The summed E-state index contributed by atoms with van der Waals surface area (Å²) in [6.45, 7) is 0. The zero-order chi connectivity index (χ0) is 35.9. The molecule has 43 heavy (non-hydrogen) atoms. The summed E-state index contributed by atoms with van der Waals surface area (Å²) in [7, 11) is 0. The molecule has 0 radical (unpaired) electrons. The Morgan fingerprint density at radius 2 is 0.488 bits per heavy atom. The first-order valence-corrected chi connectivity index (χ1v) is 14.5. The summed E-state index contributed by atoms with van der Waals surface area (Å²) in [6, 6.07) is -6.63. The quantitative estimate of drug-likeness (QED) is 0.0992. The third-order valence-electron chi connectivity index (χ3n) is 5.09. The van der Waals surface area contributed by atoms with Crippen LogP contribution in [0, 0.1) is 0 Å². The van der Waals surface area contributed by atoms with Crippen LogP contribution < -0.4 is 0 Å². The van der Waals surface area contributed by atoms with Gasteiger partial charge in [-0.3, -0.25) is 0 Å². The first-order valence-electron chi connectivity index (χ1n) is 9.25. The van der Waals surface area contributed by atoms with Crippen LogP contribution in [0.1, 0.15) is 6.42 Å². The highest BCUT2D eigenvalue weighted by atomic mass is 35.8. The molecule has 0 N–H and O–H groups in total. The van der Waals surface area contributed by atoms with E-state index in [1.807, 2.05) is 0 Å². The highest BCUT2D eigenvalue weighted by molar-refractivity contribution is 7.64. The van der Waals surface area contributed by atoms with Crippen molar-refractivity contribution in [2.45, 2.75) is 83.8 Å². The summed E-state index contributed by atoms with van der Waals surface area (Å²) in [4.78, 5) is 0. The number of hydrogen-bond acceptors (Lipinski definition) is 0. The maximum absolute atomic E-state index is 13.7. The maximum Gasteiger partial charge on any atom is 0.460 e. The smallest absolute Gasteiger partial charge is 0.200 e. The summed E-state index contributed by atoms with van der Waals surface area (Å²) < 4.78 is 333. The molecule has 0 unspecified atom stereocenters. The van der Waals surface area contributed by atoms with E-state index < -0.39 is 89.8 Å². The Balaban J connectivity index is 7.25. The number of alkyl halides is 25. The van der Waals surface area contributed by atoms with Crippen molar-refractivity contribution < 1.29 is 110 Å². The van der Waals surface area contributed by atoms with Gasteiger partial charge < -0.3 is 0 Å². The molecule has 0 aliphatic heterocycles. The summed E-state index contributed by atoms with van der Waals surface area (Å²) in [5.41, 5.74) is 0. The van der Waals surface area contributed by atoms with Crippen molar-refractivity contribution in [1.29, 1.82) is 0 Å². The van der Waals surface area contributed by atoms with E-state index in [1.165, 1.54) is 0 Å². The molecule has 0 heterocycles. The number of hydrogen-bond donors (Lipinski definition) is 0. The van der Waals surface area contributed by atoms with E-state index in [1.54, 1.807) is 0 Å². The highest BCUT2D eigenvalue weighted by Gasteiger charge is 2.99. The van der Waals surface area contributed by atoms with Crippen molar-refractivity contribution >= 4 is 39.2 Å². The standard InChI is InChI=1S/C14H4Cl3F25Si/c15-43(16,17)2-1-3(18,19)4(20,21)5(22,23)6(24,25)7(26,27)8(28,29)9(30,31)10(32,33)11(34,35)12(36,37)13(38,39)14(40,41)42/h1-2H2. The van der Waals surface area contributed by atoms with E-state index in [-0.39, 0.29) is 0 Å². The van der Waals surface area contributed by atoms with Crippen molar-refractivity contribution in [2.24, 2.45) is 0 Å². The molecule has 260 valence electrons. The zero-order valence-corrected chi connectivity index (χ0v) is 21.8. The fourth-order valence-corrected chi connectivity index (χ4v) is 3.89. The average molecular weight is 782 g/mol. The monoisotopic (exact) mass is 780 g/mol. The van der Waals surface area contributed by atoms with Gasteiger partial charge >= 0.3 is 77.3 Å². The van der Waals surface area contributed by atoms with Gasteiger partial charge in [0.05, 0.1) is 0 Å². The topological polar surface area (TPSA) is 0 Å². The molecule has 0 saturated heterocycles. The van der Waals surface area contributed by atoms with Gasteiger partial charge in [0.1, 0.15) is 0 Å². The van der Waals surface area contributed by atoms with Crippen LogP contribution in [-0.4, -0.2) is 77.3 Å². The largest absolute Gasteiger partial charge is 0.460 e. The van der Waals surface area contributed by atoms with Crippen LogP contribution in [0.3, 0.4) is 0 Å². The molecule has 0 saturated carbocycles. The van der Waals surface area contributed by atoms with E-state index in [0.29, 0.717) is 0 Å². The Hall–Kier alpha value is -0.663. The van der Waals surface area contributed by atoms with Gasteiger partial charge in [0.2, 0.25) is 0 Å². The summed E-state index contributed by atoms with van der Waals surface area (Å²) in [5, 5.41) is 0. The van der Waals surface area contributed by atoms with Crippen LogP contribution in [0.4, 0.5) is 110 Å². The molecule has 0 nitrogen and oxygen atoms in total. The highest BCUT2D eigenvalue weighted by Crippen LogP contribution is 2.68. The van der Waals surface area contributed by atoms with Crippen LogP contribution in [0.5, 0.6) is 0 Å². The summed E-state index contributed by atoms with van der Waals surface area (Å²) in [6.07, 6.45) is -11.2. The summed E-state index contributed by atoms with van der Waals surface area (Å²) in [5.74, 6) is -98.6. The van der Waals surface area contributed by atoms with Gasteiger partial charge in [0, 0.05) is 6.42 Å². The van der Waals surface area contributed by atoms with Crippen LogP contribution in [-0.2, 0) is 0 Å². The molecule has 0 amide bonds. The lowest BCUT2D eigenvalue weighted by molar-refractivity contribution is -0.482. The van der Waals surface area contributed by atoms with Crippen molar-refractivity contribution in [3.8, 4) is 0 Å². The lowest BCUT2D eigenvalue weighted by atomic mass is 9.84. The molecule has 29 heteroatoms. The Kier molecular flexibility index (Phi) is 10.5. The average Bonchev–Trinajstić information content (AvgIpc) is 2.75. The molecule has 0 spiro atoms. The molecular formula is C14H4Cl3F25Si. The lowest BCUT2D eigenvalue weighted by Gasteiger charge is -2.45. The van der Waals surface area contributed by atoms with Crippen LogP contribution in [0.2, 0.25) is 6.04 Å². The van der Waals surface area contributed by atoms with Crippen molar-refractivity contribution in [2.75, 3.05) is 0 Å². The van der Waals surface area contributed by atoms with Crippen LogP contribution >= 0.6 is 33.2 Å². The van der Waals surface area contributed by atoms with Crippen molar-refractivity contribution in [1.82, 2.24) is 0 Å². The third kappa shape index (κ3) is 5.76. The predicted molar refractivity (Wildman–Crippen MR) is 93.2 cm³/mol. The van der Waals surface area contributed by atoms with Gasteiger partial charge in [0.25, 0.3) is 0 Å². The molecule has 0 aromatic carbocycles. The minimum atomic E-state index is -9.61. The maximum atomic E-state index is 13.7. The van der Waals surface area contributed by atoms with Gasteiger partial charge in [0.15, 0.2) is 0 Å². The fraction of sp³-hybridized carbons (Fsp3) is 1.00. The van der Waals surface area contributed by atoms with Crippen LogP contribution in [0.25, 0.3) is 0 Å². The molecule has 0 bridgehead atoms. The van der Waals surface area contributed by atoms with E-state index in [9.17, 15) is 110 Å². The zero-order valence-electron chi connectivity index (χ0n) is 18.5. The van der Waals surface area contributed by atoms with Gasteiger partial charge in [-0.05, 0) is 6.04 Å². The Bertz CT molecular complexity index is 1010. The minimum Gasteiger partial charge on any atom is -0.200 e. The molecule has 0 aromatic heterocycles. The molecule has 0 rings (SSSR count). The molecule has 0 aromatic rings. The van der Waals surface area contributed by atoms with E-state index >= 15 is 0 Å². The normalized spacial score (nSPS) is 17.0. The van der Waals surface area contributed by atoms with E-state index in [2.05, 4.69) is 0 Å². The molecule has 0 aliphatic carbocycles. The first kappa shape index (κ1) is 42.3. The second kappa shape index (κ2) is 10.7. The molecule has 0 fully saturated rings. The fourth-order valence-electron chi connectivity index (χ4n) is 2.44. The SMILES string of the molecule is FC(F)(F)C(F)(F)C(F)(F)C(F)(F)C(F)(F)C(F)(F)C(F)(F)C(F)(F)C(F)(F)C(F)(F)C(F)(F)C(F)(F)CC[Si](Cl)(Cl)Cl. The van der Waals surface area contributed by atoms with Crippen molar-refractivity contribution in [3.63, 3.8) is 0 Å². The predicted octanol–water partition coefficient (Wildman–Crippen LogP) is 10.6. The molecular weight excluding hydrogens is 778 g/mol. The Morgan fingerprint density at radius 1 is 0.302 bits per heavy atom. The number of halogens is 28. The summed E-state index contributed by atoms with van der Waals surface area (Å²) >= 11 is 14.7. The van der Waals surface area contributed by atoms with Gasteiger partial charge in [-0.25, -0.2) is 0 Å². The van der Waals surface area contributed by atoms with Gasteiger partial charge in [-0.15, -0.1) is 33.2 Å². The van der Waals surface area contributed by atoms with E-state index in [0.717, 1.165) is 0 Å². The second-order valence-electron chi connectivity index (χ2n) is 8.06. The number of rotatable bonds is 13. The van der Waals surface area contributed by atoms with Gasteiger partial charge in [-0.1, -0.05) is 0 Å². The van der Waals surface area contributed by atoms with Crippen molar-refractivity contribution in [3.05, 3.63) is 0 Å². The minimum absolute atomic E-state index is 1.97. The Morgan fingerprint density at radius 3 is 0.674 bits per heavy atom.